The Labute approximate surface area is 203 Å². The third-order valence-electron chi connectivity index (χ3n) is 5.43. The number of carbonyl (C=O) groups excluding carboxylic acids is 2. The number of alkyl halides is 3. The first-order valence-corrected chi connectivity index (χ1v) is 11.0. The number of halogens is 3. The molecule has 5 atom stereocenters. The van der Waals surface area contributed by atoms with Crippen LogP contribution in [0.25, 0.3) is 4.85 Å². The number of aromatic nitrogens is 2. The van der Waals surface area contributed by atoms with Crippen LogP contribution in [-0.2, 0) is 34.7 Å². The number of hydrogen-bond donors (Lipinski definition) is 3. The molecule has 1 amide bonds. The Morgan fingerprint density at radius 3 is 2.72 bits per heavy atom. The van der Waals surface area contributed by atoms with Crippen molar-refractivity contribution in [1.82, 2.24) is 15.3 Å². The van der Waals surface area contributed by atoms with Gasteiger partial charge in [-0.1, -0.05) is 0 Å². The van der Waals surface area contributed by atoms with Gasteiger partial charge in [-0.05, 0) is 6.92 Å². The fraction of sp³-hybridized carbons (Fsp3) is 0.667. The van der Waals surface area contributed by atoms with Gasteiger partial charge in [0.1, 0.15) is 36.9 Å². The number of esters is 1. The Balaban J connectivity index is 1.42. The first-order chi connectivity index (χ1) is 17.1. The first kappa shape index (κ1) is 27.7. The monoisotopic (exact) mass is 519 g/mol. The van der Waals surface area contributed by atoms with Gasteiger partial charge in [-0.15, -0.1) is 0 Å². The first-order valence-electron chi connectivity index (χ1n) is 11.0. The van der Waals surface area contributed by atoms with Crippen LogP contribution in [0.4, 0.5) is 19.0 Å². The number of rotatable bonds is 9. The van der Waals surface area contributed by atoms with Crippen LogP contribution in [0, 0.1) is 12.0 Å². The van der Waals surface area contributed by atoms with Gasteiger partial charge in [0.25, 0.3) is 0 Å². The van der Waals surface area contributed by atoms with E-state index in [4.69, 9.17) is 18.9 Å². The summed E-state index contributed by atoms with van der Waals surface area (Å²) in [5, 5.41) is 23.7. The smallest absolute Gasteiger partial charge is 0.464 e. The van der Waals surface area contributed by atoms with Crippen molar-refractivity contribution >= 4 is 17.7 Å². The normalized spacial score (nSPS) is 27.2. The second-order valence-corrected chi connectivity index (χ2v) is 8.02. The third-order valence-corrected chi connectivity index (χ3v) is 5.43. The SMILES string of the molecule is CCOC(=O)COCCOCC(=O)N[C@H]1C[C@]12OCC(C#[N+]c1ccnc(C(F)(F)F)n1)[C@@H](O)[C@H]2O. The molecule has 0 bridgehead atoms. The molecule has 1 saturated heterocycles. The summed E-state index contributed by atoms with van der Waals surface area (Å²) in [5.74, 6) is -3.60. The minimum Gasteiger partial charge on any atom is -0.464 e. The maximum atomic E-state index is 12.7. The van der Waals surface area contributed by atoms with Crippen molar-refractivity contribution in [3.05, 3.63) is 22.9 Å². The Bertz CT molecular complexity index is 1000. The van der Waals surface area contributed by atoms with Gasteiger partial charge in [0.15, 0.2) is 6.07 Å². The summed E-state index contributed by atoms with van der Waals surface area (Å²) < 4.78 is 58.8. The fourth-order valence-corrected chi connectivity index (χ4v) is 3.55. The number of carbonyl (C=O) groups is 2. The average Bonchev–Trinajstić information content (AvgIpc) is 3.52. The van der Waals surface area contributed by atoms with E-state index in [-0.39, 0.29) is 51.9 Å². The molecule has 1 aromatic rings. The molecule has 36 heavy (non-hydrogen) atoms. The quantitative estimate of drug-likeness (QED) is 0.301. The highest BCUT2D eigenvalue weighted by atomic mass is 19.4. The van der Waals surface area contributed by atoms with E-state index in [0.29, 0.717) is 0 Å². The molecule has 2 fully saturated rings. The zero-order chi connectivity index (χ0) is 26.3. The van der Waals surface area contributed by atoms with Gasteiger partial charge in [-0.25, -0.2) is 9.78 Å². The Hall–Kier alpha value is -2.90. The van der Waals surface area contributed by atoms with Crippen LogP contribution in [0.3, 0.4) is 0 Å². The molecule has 1 aliphatic heterocycles. The minimum absolute atomic E-state index is 0.0636. The minimum atomic E-state index is -4.74. The van der Waals surface area contributed by atoms with Crippen molar-refractivity contribution < 1.29 is 51.9 Å². The maximum absolute atomic E-state index is 12.7. The number of amides is 1. The predicted octanol–water partition coefficient (Wildman–Crippen LogP) is 0.0516. The number of nitrogens with one attached hydrogen (secondary N) is 1. The highest BCUT2D eigenvalue weighted by Gasteiger charge is 2.66. The van der Waals surface area contributed by atoms with Crippen molar-refractivity contribution in [3.8, 4) is 6.07 Å². The summed E-state index contributed by atoms with van der Waals surface area (Å²) in [7, 11) is 0. The average molecular weight is 519 g/mol. The lowest BCUT2D eigenvalue weighted by Crippen LogP contribution is -2.54. The Morgan fingerprint density at radius 2 is 2.03 bits per heavy atom. The molecular weight excluding hydrogens is 493 g/mol. The molecule has 198 valence electrons. The number of hydrogen-bond acceptors (Lipinski definition) is 10. The van der Waals surface area contributed by atoms with E-state index in [1.807, 2.05) is 0 Å². The van der Waals surface area contributed by atoms with Crippen LogP contribution in [0.2, 0.25) is 0 Å². The predicted molar refractivity (Wildman–Crippen MR) is 113 cm³/mol. The zero-order valence-corrected chi connectivity index (χ0v) is 19.2. The van der Waals surface area contributed by atoms with E-state index in [9.17, 15) is 33.0 Å². The van der Waals surface area contributed by atoms with Crippen LogP contribution < -0.4 is 5.32 Å². The number of ether oxygens (including phenoxy) is 4. The van der Waals surface area contributed by atoms with Crippen molar-refractivity contribution in [1.29, 1.82) is 0 Å². The fourth-order valence-electron chi connectivity index (χ4n) is 3.55. The van der Waals surface area contributed by atoms with Crippen LogP contribution in [0.15, 0.2) is 12.3 Å². The van der Waals surface area contributed by atoms with E-state index in [0.717, 1.165) is 12.3 Å². The number of aliphatic hydroxyl groups excluding tert-OH is 2. The summed E-state index contributed by atoms with van der Waals surface area (Å²) in [5.41, 5.74) is -1.20. The van der Waals surface area contributed by atoms with Crippen molar-refractivity contribution in [2.75, 3.05) is 39.6 Å². The van der Waals surface area contributed by atoms with Gasteiger partial charge in [-0.2, -0.15) is 18.0 Å². The Kier molecular flexibility index (Phi) is 9.14. The summed E-state index contributed by atoms with van der Waals surface area (Å²) >= 11 is 0. The molecule has 1 saturated carbocycles. The summed E-state index contributed by atoms with van der Waals surface area (Å²) in [6, 6.07) is 3.02. The van der Waals surface area contributed by atoms with Gasteiger partial charge < -0.3 is 34.5 Å². The molecular formula is C21H26F3N4O8+. The highest BCUT2D eigenvalue weighted by Crippen LogP contribution is 2.48. The van der Waals surface area contributed by atoms with Gasteiger partial charge in [0, 0.05) is 17.6 Å². The largest absolute Gasteiger partial charge is 0.477 e. The van der Waals surface area contributed by atoms with Gasteiger partial charge in [0.05, 0.1) is 38.5 Å². The lowest BCUT2D eigenvalue weighted by molar-refractivity contribution is -0.170. The molecule has 3 N–H and O–H groups in total. The standard InChI is InChI=1S/C21H25F3N4O8/c1-2-35-16(30)11-34-6-5-33-10-15(29)27-13-7-20(13)18(32)17(31)12(9-36-20)8-26-14-3-4-25-19(28-14)21(22,23)24/h3-4,12-13,17-18,31-32H,2,5-7,9-11H2,1H3/p+1/t12?,13-,17+,18+,20-/m0/s1. The second kappa shape index (κ2) is 11.9. The van der Waals surface area contributed by atoms with E-state index < -0.39 is 53.6 Å². The van der Waals surface area contributed by atoms with Gasteiger partial charge >= 0.3 is 23.8 Å². The Morgan fingerprint density at radius 1 is 1.31 bits per heavy atom. The molecule has 12 nitrogen and oxygen atoms in total. The van der Waals surface area contributed by atoms with E-state index in [2.05, 4.69) is 26.2 Å². The summed E-state index contributed by atoms with van der Waals surface area (Å²) in [6.07, 6.45) is -6.40. The van der Waals surface area contributed by atoms with Crippen LogP contribution >= 0.6 is 0 Å². The van der Waals surface area contributed by atoms with Crippen LogP contribution in [0.1, 0.15) is 19.2 Å². The molecule has 0 radical (unpaired) electrons. The third kappa shape index (κ3) is 7.08. The molecule has 15 heteroatoms. The summed E-state index contributed by atoms with van der Waals surface area (Å²) in [6.45, 7) is 1.41. The number of nitrogens with zero attached hydrogens (tertiary/aromatic N) is 3. The topological polar surface area (TPSA) is 154 Å². The molecule has 2 heterocycles. The number of aliphatic hydroxyl groups is 2. The molecule has 1 spiro atoms. The lowest BCUT2D eigenvalue weighted by atomic mass is 9.91. The van der Waals surface area contributed by atoms with Crippen molar-refractivity contribution in [3.63, 3.8) is 0 Å². The molecule has 3 rings (SSSR count). The molecule has 1 unspecified atom stereocenters. The van der Waals surface area contributed by atoms with E-state index in [1.165, 1.54) is 0 Å². The van der Waals surface area contributed by atoms with Crippen LogP contribution in [-0.4, -0.2) is 95.5 Å². The zero-order valence-electron chi connectivity index (χ0n) is 19.2. The van der Waals surface area contributed by atoms with E-state index in [1.54, 1.807) is 6.92 Å². The second-order valence-electron chi connectivity index (χ2n) is 8.02. The van der Waals surface area contributed by atoms with Crippen molar-refractivity contribution in [2.24, 2.45) is 5.92 Å². The van der Waals surface area contributed by atoms with Crippen LogP contribution in [0.5, 0.6) is 0 Å². The molecule has 2 aliphatic rings. The van der Waals surface area contributed by atoms with E-state index >= 15 is 0 Å². The highest BCUT2D eigenvalue weighted by molar-refractivity contribution is 5.78. The van der Waals surface area contributed by atoms with Gasteiger partial charge in [-0.3, -0.25) is 4.79 Å². The molecule has 0 aromatic carbocycles. The summed E-state index contributed by atoms with van der Waals surface area (Å²) in [4.78, 5) is 33.3. The maximum Gasteiger partial charge on any atom is 0.477 e. The lowest BCUT2D eigenvalue weighted by Gasteiger charge is -2.35. The van der Waals surface area contributed by atoms with Gasteiger partial charge in [0.2, 0.25) is 5.91 Å². The molecule has 1 aliphatic carbocycles. The van der Waals surface area contributed by atoms with Crippen molar-refractivity contribution in [2.45, 2.75) is 43.4 Å². The molecule has 1 aromatic heterocycles.